The number of methoxy groups -OCH3 is 3. The third-order valence-electron chi connectivity index (χ3n) is 10.9. The van der Waals surface area contributed by atoms with E-state index >= 15 is 0 Å². The van der Waals surface area contributed by atoms with E-state index in [4.69, 9.17) is 52.1 Å². The summed E-state index contributed by atoms with van der Waals surface area (Å²) in [5.41, 5.74) is 1.20. The van der Waals surface area contributed by atoms with Gasteiger partial charge in [0, 0.05) is 46.2 Å². The average molecular weight is 909 g/mol. The summed E-state index contributed by atoms with van der Waals surface area (Å²) in [4.78, 5) is 63.4. The summed E-state index contributed by atoms with van der Waals surface area (Å²) in [6.45, 7) is 7.06. The minimum Gasteiger partial charge on any atom is -0.497 e. The quantitative estimate of drug-likeness (QED) is 0.0475. The molecule has 354 valence electrons. The fourth-order valence-electron chi connectivity index (χ4n) is 7.90. The molecule has 18 nitrogen and oxygen atoms in total. The Morgan fingerprint density at radius 3 is 1.68 bits per heavy atom. The molecule has 0 radical (unpaired) electrons. The highest BCUT2D eigenvalue weighted by molar-refractivity contribution is 5.78. The molecule has 18 heteroatoms. The van der Waals surface area contributed by atoms with Gasteiger partial charge >= 0.3 is 17.9 Å². The van der Waals surface area contributed by atoms with Crippen LogP contribution in [-0.4, -0.2) is 146 Å². The van der Waals surface area contributed by atoms with Gasteiger partial charge in [0.25, 0.3) is 5.79 Å². The summed E-state index contributed by atoms with van der Waals surface area (Å²) in [5.74, 6) is -2.90. The van der Waals surface area contributed by atoms with Gasteiger partial charge in [0.1, 0.15) is 36.1 Å². The summed E-state index contributed by atoms with van der Waals surface area (Å²) in [6, 6.07) is 22.3. The first-order valence-electron chi connectivity index (χ1n) is 21.1. The fourth-order valence-corrected chi connectivity index (χ4v) is 7.90. The third kappa shape index (κ3) is 12.7. The number of likely N-dealkylation sites (tertiary alicyclic amines) is 1. The van der Waals surface area contributed by atoms with Crippen molar-refractivity contribution in [2.45, 2.75) is 64.3 Å². The Hall–Kier alpha value is -5.79. The Bertz CT molecular complexity index is 1940. The van der Waals surface area contributed by atoms with Gasteiger partial charge in [-0.2, -0.15) is 0 Å². The molecule has 0 spiro atoms. The molecule has 0 aromatic heterocycles. The number of nitrogens with one attached hydrogen (secondary N) is 1. The molecule has 65 heavy (non-hydrogen) atoms. The van der Waals surface area contributed by atoms with Gasteiger partial charge in [-0.3, -0.25) is 24.0 Å². The van der Waals surface area contributed by atoms with E-state index < -0.39 is 60.1 Å². The van der Waals surface area contributed by atoms with Crippen LogP contribution >= 0.6 is 0 Å². The van der Waals surface area contributed by atoms with Crippen LogP contribution in [0.3, 0.4) is 0 Å². The maximum Gasteiger partial charge on any atom is 0.305 e. The van der Waals surface area contributed by atoms with E-state index in [0.717, 1.165) is 30.5 Å². The van der Waals surface area contributed by atoms with E-state index in [0.29, 0.717) is 36.9 Å². The van der Waals surface area contributed by atoms with Gasteiger partial charge in [-0.15, -0.1) is 0 Å². The maximum atomic E-state index is 13.2. The average Bonchev–Trinajstić information content (AvgIpc) is 3.27. The standard InChI is InChI=1S/C47H60N2O16/c1-31(50)48-41-25-61-42(26-60-32(2)51)47(65-34(4)53,44(41)64-33(3)52)62-24-23-58-21-22-59-27-43(54)49-28-45(5,29-49)30-63-46(35-9-15-38(55-6)16-10-35,36-11-17-39(56-7)18-12-36)37-13-19-40(57-8)20-14-37/h9-20,41-42,44H,21-30H2,1-8H3,(H,48,50)/t41-,42+,44+,47?/m0/s1. The van der Waals surface area contributed by atoms with E-state index in [1.54, 1.807) is 26.2 Å². The molecular formula is C47H60N2O16. The lowest BCUT2D eigenvalue weighted by Crippen LogP contribution is -2.71. The number of hydrogen-bond donors (Lipinski definition) is 1. The zero-order valence-electron chi connectivity index (χ0n) is 38.2. The van der Waals surface area contributed by atoms with Crippen LogP contribution in [0.5, 0.6) is 17.2 Å². The zero-order valence-corrected chi connectivity index (χ0v) is 38.2. The zero-order chi connectivity index (χ0) is 47.2. The molecule has 5 rings (SSSR count). The summed E-state index contributed by atoms with van der Waals surface area (Å²) in [6.07, 6.45) is -2.63. The van der Waals surface area contributed by atoms with Crippen molar-refractivity contribution in [3.8, 4) is 17.2 Å². The lowest BCUT2D eigenvalue weighted by atomic mass is 9.78. The highest BCUT2D eigenvalue weighted by Crippen LogP contribution is 2.44. The lowest BCUT2D eigenvalue weighted by Gasteiger charge is -2.49. The number of carbonyl (C=O) groups excluding carboxylic acids is 5. The minimum absolute atomic E-state index is 0.0618. The number of esters is 3. The highest BCUT2D eigenvalue weighted by atomic mass is 16.8. The number of rotatable bonds is 23. The number of amides is 2. The van der Waals surface area contributed by atoms with Crippen LogP contribution in [0.4, 0.5) is 0 Å². The Morgan fingerprint density at radius 2 is 1.22 bits per heavy atom. The molecule has 4 atom stereocenters. The minimum atomic E-state index is -2.14. The van der Waals surface area contributed by atoms with Crippen molar-refractivity contribution in [3.05, 3.63) is 89.5 Å². The van der Waals surface area contributed by atoms with Crippen molar-refractivity contribution in [2.24, 2.45) is 5.41 Å². The molecule has 0 saturated carbocycles. The summed E-state index contributed by atoms with van der Waals surface area (Å²) < 4.78 is 63.2. The van der Waals surface area contributed by atoms with Crippen LogP contribution in [0.2, 0.25) is 0 Å². The van der Waals surface area contributed by atoms with Crippen molar-refractivity contribution < 1.29 is 76.1 Å². The summed E-state index contributed by atoms with van der Waals surface area (Å²) in [7, 11) is 4.86. The molecule has 2 aliphatic heterocycles. The number of carbonyl (C=O) groups is 5. The topological polar surface area (TPSA) is 202 Å². The van der Waals surface area contributed by atoms with E-state index in [1.165, 1.54) is 13.8 Å². The van der Waals surface area contributed by atoms with Gasteiger partial charge < -0.3 is 62.3 Å². The van der Waals surface area contributed by atoms with Crippen molar-refractivity contribution in [3.63, 3.8) is 0 Å². The number of ether oxygens (including phenoxy) is 11. The second kappa shape index (κ2) is 22.9. The second-order valence-corrected chi connectivity index (χ2v) is 16.0. The molecule has 2 aliphatic rings. The molecule has 1 unspecified atom stereocenters. The van der Waals surface area contributed by atoms with Crippen LogP contribution in [0.1, 0.15) is 51.3 Å². The third-order valence-corrected chi connectivity index (χ3v) is 10.9. The molecule has 1 N–H and O–H groups in total. The molecule has 2 fully saturated rings. The predicted octanol–water partition coefficient (Wildman–Crippen LogP) is 3.58. The Morgan fingerprint density at radius 1 is 0.708 bits per heavy atom. The Kier molecular flexibility index (Phi) is 17.7. The molecule has 2 amide bonds. The largest absolute Gasteiger partial charge is 0.497 e. The van der Waals surface area contributed by atoms with Gasteiger partial charge in [0.15, 0.2) is 12.2 Å². The summed E-state index contributed by atoms with van der Waals surface area (Å²) in [5, 5.41) is 2.63. The van der Waals surface area contributed by atoms with Gasteiger partial charge in [0.05, 0.1) is 67.0 Å². The van der Waals surface area contributed by atoms with Crippen LogP contribution in [-0.2, 0) is 67.5 Å². The molecule has 3 aromatic rings. The monoisotopic (exact) mass is 908 g/mol. The van der Waals surface area contributed by atoms with E-state index in [2.05, 4.69) is 12.2 Å². The maximum absolute atomic E-state index is 13.2. The van der Waals surface area contributed by atoms with Crippen LogP contribution in [0, 0.1) is 5.41 Å². The first kappa shape index (κ1) is 50.2. The fraction of sp³-hybridized carbons (Fsp3) is 0.511. The molecule has 3 aromatic carbocycles. The van der Waals surface area contributed by atoms with Crippen LogP contribution in [0.25, 0.3) is 0 Å². The number of hydrogen-bond acceptors (Lipinski definition) is 16. The van der Waals surface area contributed by atoms with E-state index in [1.807, 2.05) is 72.8 Å². The van der Waals surface area contributed by atoms with Crippen LogP contribution < -0.4 is 19.5 Å². The Balaban J connectivity index is 1.17. The van der Waals surface area contributed by atoms with Gasteiger partial charge in [-0.25, -0.2) is 0 Å². The number of benzene rings is 3. The molecule has 0 bridgehead atoms. The Labute approximate surface area is 378 Å². The SMILES string of the molecule is COc1ccc(C(OCC2(C)CN(C(=O)COCCOCCOC3(OC(C)=O)[C@H](OC(C)=O)[C@@H](NC(C)=O)CO[C@@H]3COC(C)=O)C2)(c2ccc(OC)cc2)c2ccc(OC)cc2)cc1. The van der Waals surface area contributed by atoms with Crippen molar-refractivity contribution in [2.75, 3.05) is 87.3 Å². The van der Waals surface area contributed by atoms with Gasteiger partial charge in [-0.05, 0) is 53.1 Å². The molecule has 2 heterocycles. The molecular weight excluding hydrogens is 849 g/mol. The predicted molar refractivity (Wildman–Crippen MR) is 231 cm³/mol. The summed E-state index contributed by atoms with van der Waals surface area (Å²) >= 11 is 0. The molecule has 2 saturated heterocycles. The van der Waals surface area contributed by atoms with Crippen molar-refractivity contribution in [1.29, 1.82) is 0 Å². The van der Waals surface area contributed by atoms with Gasteiger partial charge in [-0.1, -0.05) is 43.3 Å². The highest BCUT2D eigenvalue weighted by Gasteiger charge is 2.60. The number of nitrogens with zero attached hydrogens (tertiary/aromatic N) is 1. The van der Waals surface area contributed by atoms with Crippen molar-refractivity contribution >= 4 is 29.7 Å². The normalized spacial score (nSPS) is 20.1. The second-order valence-electron chi connectivity index (χ2n) is 16.0. The van der Waals surface area contributed by atoms with Crippen molar-refractivity contribution in [1.82, 2.24) is 10.2 Å². The van der Waals surface area contributed by atoms with Gasteiger partial charge in [0.2, 0.25) is 11.8 Å². The van der Waals surface area contributed by atoms with E-state index in [9.17, 15) is 24.0 Å². The first-order valence-corrected chi connectivity index (χ1v) is 21.1. The lowest BCUT2D eigenvalue weighted by molar-refractivity contribution is -0.345. The smallest absolute Gasteiger partial charge is 0.305 e. The molecule has 0 aliphatic carbocycles. The first-order chi connectivity index (χ1) is 31.1. The van der Waals surface area contributed by atoms with E-state index in [-0.39, 0.29) is 51.0 Å². The van der Waals surface area contributed by atoms with Crippen LogP contribution in [0.15, 0.2) is 72.8 Å².